The fraction of sp³-hybridized carbons (Fsp3) is 0.464. The molecule has 1 aromatic carbocycles. The summed E-state index contributed by atoms with van der Waals surface area (Å²) in [6.45, 7) is 5.28. The molecule has 1 saturated heterocycles. The van der Waals surface area contributed by atoms with E-state index in [1.54, 1.807) is 22.7 Å². The number of nitrogens with zero attached hydrogens (tertiary/aromatic N) is 4. The minimum Gasteiger partial charge on any atom is -0.495 e. The Bertz CT molecular complexity index is 1500. The highest BCUT2D eigenvalue weighted by molar-refractivity contribution is 7.89. The average molecular weight is 538 g/mol. The van der Waals surface area contributed by atoms with Crippen molar-refractivity contribution in [3.63, 3.8) is 0 Å². The lowest BCUT2D eigenvalue weighted by molar-refractivity contribution is 0.0949. The van der Waals surface area contributed by atoms with E-state index in [4.69, 9.17) is 9.72 Å². The molecule has 0 spiro atoms. The Hall–Kier alpha value is -3.24. The molecule has 9 nitrogen and oxygen atoms in total. The molecule has 1 aliphatic carbocycles. The van der Waals surface area contributed by atoms with Crippen LogP contribution in [0, 0.1) is 13.8 Å². The van der Waals surface area contributed by atoms with Gasteiger partial charge < -0.3 is 10.1 Å². The van der Waals surface area contributed by atoms with E-state index in [-0.39, 0.29) is 22.2 Å². The fourth-order valence-corrected chi connectivity index (χ4v) is 7.10. The molecule has 1 fully saturated rings. The summed E-state index contributed by atoms with van der Waals surface area (Å²) in [6.07, 6.45) is 9.36. The molecule has 3 aromatic rings. The SMILES string of the molecule is COc1ccc(-c2c(C(=O)NCCC3=CCCCC3)nn3c(C)cc(C)nc23)cc1S(=O)(=O)N1CCCC1. The Balaban J connectivity index is 1.57. The van der Waals surface area contributed by atoms with Crippen LogP contribution in [0.25, 0.3) is 16.8 Å². The maximum atomic E-state index is 13.5. The van der Waals surface area contributed by atoms with Crippen molar-refractivity contribution in [2.75, 3.05) is 26.7 Å². The molecule has 2 aliphatic rings. The maximum Gasteiger partial charge on any atom is 0.272 e. The van der Waals surface area contributed by atoms with Crippen molar-refractivity contribution in [2.24, 2.45) is 0 Å². The molecule has 5 rings (SSSR count). The Kier molecular flexibility index (Phi) is 7.54. The van der Waals surface area contributed by atoms with Gasteiger partial charge in [-0.1, -0.05) is 17.7 Å². The first-order valence-corrected chi connectivity index (χ1v) is 14.8. The third-order valence-electron chi connectivity index (χ3n) is 7.36. The Morgan fingerprint density at radius 2 is 1.89 bits per heavy atom. The number of ether oxygens (including phenoxy) is 1. The zero-order valence-corrected chi connectivity index (χ0v) is 23.1. The van der Waals surface area contributed by atoms with Crippen molar-refractivity contribution >= 4 is 21.6 Å². The van der Waals surface area contributed by atoms with Crippen LogP contribution in [-0.2, 0) is 10.0 Å². The first-order chi connectivity index (χ1) is 18.3. The number of carbonyl (C=O) groups is 1. The van der Waals surface area contributed by atoms with Gasteiger partial charge in [-0.15, -0.1) is 0 Å². The highest BCUT2D eigenvalue weighted by Crippen LogP contribution is 2.36. The molecule has 38 heavy (non-hydrogen) atoms. The van der Waals surface area contributed by atoms with Gasteiger partial charge in [-0.2, -0.15) is 9.40 Å². The molecule has 2 aromatic heterocycles. The Labute approximate surface area is 223 Å². The third kappa shape index (κ3) is 5.07. The quantitative estimate of drug-likeness (QED) is 0.426. The van der Waals surface area contributed by atoms with Gasteiger partial charge in [-0.05, 0) is 82.6 Å². The van der Waals surface area contributed by atoms with Crippen molar-refractivity contribution in [1.82, 2.24) is 24.2 Å². The van der Waals surface area contributed by atoms with E-state index in [0.29, 0.717) is 36.4 Å². The van der Waals surface area contributed by atoms with Crippen molar-refractivity contribution in [1.29, 1.82) is 0 Å². The van der Waals surface area contributed by atoms with Crippen molar-refractivity contribution < 1.29 is 17.9 Å². The summed E-state index contributed by atoms with van der Waals surface area (Å²) in [7, 11) is -2.31. The number of allylic oxidation sites excluding steroid dienone is 1. The van der Waals surface area contributed by atoms with Gasteiger partial charge >= 0.3 is 0 Å². The minimum absolute atomic E-state index is 0.0821. The molecular formula is C28H35N5O4S. The van der Waals surface area contributed by atoms with Crippen LogP contribution in [-0.4, -0.2) is 60.0 Å². The molecular weight excluding hydrogens is 502 g/mol. The van der Waals surface area contributed by atoms with E-state index in [9.17, 15) is 13.2 Å². The summed E-state index contributed by atoms with van der Waals surface area (Å²) in [5, 5.41) is 7.67. The molecule has 0 bridgehead atoms. The highest BCUT2D eigenvalue weighted by atomic mass is 32.2. The van der Waals surface area contributed by atoms with Crippen molar-refractivity contribution in [3.05, 3.63) is 53.0 Å². The van der Waals surface area contributed by atoms with Gasteiger partial charge in [0.05, 0.1) is 12.7 Å². The minimum atomic E-state index is -3.77. The van der Waals surface area contributed by atoms with E-state index in [1.807, 2.05) is 19.9 Å². The number of benzene rings is 1. The molecule has 0 radical (unpaired) electrons. The summed E-state index contributed by atoms with van der Waals surface area (Å²) in [5.74, 6) is -0.0390. The summed E-state index contributed by atoms with van der Waals surface area (Å²) in [6, 6.07) is 6.90. The number of aryl methyl sites for hydroxylation is 2. The molecule has 0 saturated carbocycles. The monoisotopic (exact) mass is 537 g/mol. The predicted octanol–water partition coefficient (Wildman–Crippen LogP) is 4.43. The summed E-state index contributed by atoms with van der Waals surface area (Å²) >= 11 is 0. The lowest BCUT2D eigenvalue weighted by Crippen LogP contribution is -2.28. The number of amides is 1. The van der Waals surface area contributed by atoms with Gasteiger partial charge in [-0.3, -0.25) is 4.79 Å². The molecule has 10 heteroatoms. The predicted molar refractivity (Wildman–Crippen MR) is 146 cm³/mol. The second-order valence-corrected chi connectivity index (χ2v) is 12.0. The number of sulfonamides is 1. The van der Waals surface area contributed by atoms with E-state index in [2.05, 4.69) is 16.5 Å². The number of methoxy groups -OCH3 is 1. The Morgan fingerprint density at radius 1 is 1.11 bits per heavy atom. The van der Waals surface area contributed by atoms with Crippen LogP contribution in [0.3, 0.4) is 0 Å². The van der Waals surface area contributed by atoms with Crippen molar-refractivity contribution in [3.8, 4) is 16.9 Å². The van der Waals surface area contributed by atoms with E-state index >= 15 is 0 Å². The molecule has 1 amide bonds. The zero-order chi connectivity index (χ0) is 26.9. The second kappa shape index (κ2) is 10.9. The van der Waals surface area contributed by atoms with Gasteiger partial charge in [-0.25, -0.2) is 17.9 Å². The third-order valence-corrected chi connectivity index (χ3v) is 9.28. The maximum absolute atomic E-state index is 13.5. The van der Waals surface area contributed by atoms with Crippen LogP contribution in [0.2, 0.25) is 0 Å². The number of rotatable bonds is 8. The number of carbonyl (C=O) groups excluding carboxylic acids is 1. The highest BCUT2D eigenvalue weighted by Gasteiger charge is 2.31. The standard InChI is InChI=1S/C28H35N5O4S/c1-19-17-20(2)33-27(30-19)25(26(31-33)28(34)29-14-13-21-9-5-4-6-10-21)22-11-12-23(37-3)24(18-22)38(35,36)32-15-7-8-16-32/h9,11-12,17-18H,4-8,10,13-16H2,1-3H3,(H,29,34). The lowest BCUT2D eigenvalue weighted by atomic mass is 9.97. The van der Waals surface area contributed by atoms with E-state index in [1.165, 1.54) is 29.8 Å². The van der Waals surface area contributed by atoms with Gasteiger partial charge in [0, 0.05) is 31.0 Å². The first-order valence-electron chi connectivity index (χ1n) is 13.3. The van der Waals surface area contributed by atoms with Gasteiger partial charge in [0.15, 0.2) is 11.3 Å². The number of hydrogen-bond donors (Lipinski definition) is 1. The normalized spacial score (nSPS) is 16.6. The van der Waals surface area contributed by atoms with Crippen LogP contribution >= 0.6 is 0 Å². The van der Waals surface area contributed by atoms with Gasteiger partial charge in [0.2, 0.25) is 10.0 Å². The van der Waals surface area contributed by atoms with Crippen LogP contribution in [0.5, 0.6) is 5.75 Å². The number of aromatic nitrogens is 3. The molecule has 0 unspecified atom stereocenters. The van der Waals surface area contributed by atoms with Crippen molar-refractivity contribution in [2.45, 2.75) is 63.7 Å². The average Bonchev–Trinajstić information content (AvgIpc) is 3.58. The van der Waals surface area contributed by atoms with E-state index < -0.39 is 10.0 Å². The zero-order valence-electron chi connectivity index (χ0n) is 22.3. The number of nitrogens with one attached hydrogen (secondary N) is 1. The molecule has 1 N–H and O–H groups in total. The molecule has 1 aliphatic heterocycles. The topological polar surface area (TPSA) is 106 Å². The summed E-state index contributed by atoms with van der Waals surface area (Å²) < 4.78 is 35.7. The van der Waals surface area contributed by atoms with Crippen LogP contribution in [0.4, 0.5) is 0 Å². The molecule has 0 atom stereocenters. The Morgan fingerprint density at radius 3 is 2.61 bits per heavy atom. The summed E-state index contributed by atoms with van der Waals surface area (Å²) in [5.41, 5.74) is 4.79. The first kappa shape index (κ1) is 26.4. The van der Waals surface area contributed by atoms with Crippen LogP contribution in [0.15, 0.2) is 40.8 Å². The fourth-order valence-electron chi connectivity index (χ4n) is 5.40. The summed E-state index contributed by atoms with van der Waals surface area (Å²) in [4.78, 5) is 18.3. The smallest absolute Gasteiger partial charge is 0.272 e. The number of fused-ring (bicyclic) bond motifs is 1. The molecule has 202 valence electrons. The van der Waals surface area contributed by atoms with Gasteiger partial charge in [0.25, 0.3) is 5.91 Å². The van der Waals surface area contributed by atoms with Crippen LogP contribution in [0.1, 0.15) is 66.8 Å². The number of hydrogen-bond acceptors (Lipinski definition) is 6. The van der Waals surface area contributed by atoms with Gasteiger partial charge in [0.1, 0.15) is 10.6 Å². The molecule has 3 heterocycles. The largest absolute Gasteiger partial charge is 0.495 e. The van der Waals surface area contributed by atoms with E-state index in [0.717, 1.165) is 43.5 Å². The second-order valence-electron chi connectivity index (χ2n) is 10.1. The van der Waals surface area contributed by atoms with Crippen LogP contribution < -0.4 is 10.1 Å². The lowest BCUT2D eigenvalue weighted by Gasteiger charge is -2.18.